The van der Waals surface area contributed by atoms with Gasteiger partial charge in [0.2, 0.25) is 0 Å². The van der Waals surface area contributed by atoms with Crippen molar-refractivity contribution >= 4 is 39.7 Å². The van der Waals surface area contributed by atoms with Crippen LogP contribution < -0.4 is 0 Å². The molecule has 1 aromatic heterocycles. The van der Waals surface area contributed by atoms with Gasteiger partial charge in [-0.25, -0.2) is 0 Å². The summed E-state index contributed by atoms with van der Waals surface area (Å²) in [4.78, 5) is 0.726. The topological polar surface area (TPSA) is 25.2 Å². The van der Waals surface area contributed by atoms with E-state index in [-0.39, 0.29) is 5.75 Å². The highest BCUT2D eigenvalue weighted by molar-refractivity contribution is 7.80. The Kier molecular flexibility index (Phi) is 3.47. The van der Waals surface area contributed by atoms with Crippen molar-refractivity contribution in [1.82, 2.24) is 4.57 Å². The van der Waals surface area contributed by atoms with Crippen molar-refractivity contribution in [2.45, 2.75) is 13.8 Å². The van der Waals surface area contributed by atoms with Crippen LogP contribution in [0.5, 0.6) is 5.75 Å². The first kappa shape index (κ1) is 14.1. The number of fused-ring (bicyclic) bond motifs is 1. The fourth-order valence-electron chi connectivity index (χ4n) is 2.45. The van der Waals surface area contributed by atoms with E-state index in [0.717, 1.165) is 27.1 Å². The number of benzene rings is 2. The molecule has 1 N–H and O–H groups in total. The molecule has 0 fully saturated rings. The van der Waals surface area contributed by atoms with Crippen LogP contribution in [0.4, 0.5) is 0 Å². The van der Waals surface area contributed by atoms with Gasteiger partial charge in [0.1, 0.15) is 10.7 Å². The number of aromatic nitrogens is 1. The van der Waals surface area contributed by atoms with E-state index in [9.17, 15) is 5.11 Å². The maximum absolute atomic E-state index is 9.73. The molecule has 0 aliphatic rings. The van der Waals surface area contributed by atoms with E-state index >= 15 is 0 Å². The predicted molar refractivity (Wildman–Crippen MR) is 91.6 cm³/mol. The van der Waals surface area contributed by atoms with Gasteiger partial charge in [-0.2, -0.15) is 0 Å². The molecule has 0 saturated carbocycles. The van der Waals surface area contributed by atoms with Crippen molar-refractivity contribution in [3.05, 3.63) is 64.3 Å². The minimum absolute atomic E-state index is 0.0857. The molecule has 2 aromatic carbocycles. The van der Waals surface area contributed by atoms with Gasteiger partial charge in [-0.15, -0.1) is 0 Å². The smallest absolute Gasteiger partial charge is 0.134 e. The van der Waals surface area contributed by atoms with E-state index in [1.165, 1.54) is 5.56 Å². The Labute approximate surface area is 133 Å². The quantitative estimate of drug-likeness (QED) is 0.650. The average molecular weight is 316 g/mol. The minimum atomic E-state index is 0.0857. The molecule has 3 rings (SSSR count). The maximum Gasteiger partial charge on any atom is 0.134 e. The third kappa shape index (κ3) is 2.43. The van der Waals surface area contributed by atoms with E-state index in [2.05, 4.69) is 0 Å². The highest BCUT2D eigenvalue weighted by atomic mass is 35.5. The Morgan fingerprint density at radius 2 is 1.76 bits per heavy atom. The summed E-state index contributed by atoms with van der Waals surface area (Å²) in [6, 6.07) is 13.5. The molecule has 106 valence electrons. The summed E-state index contributed by atoms with van der Waals surface area (Å²) < 4.78 is 1.99. The number of hydrogen-bond donors (Lipinski definition) is 1. The van der Waals surface area contributed by atoms with Gasteiger partial charge >= 0.3 is 0 Å². The highest BCUT2D eigenvalue weighted by Gasteiger charge is 2.13. The first-order valence-corrected chi connectivity index (χ1v) is 7.38. The number of halogens is 1. The normalized spacial score (nSPS) is 11.0. The summed E-state index contributed by atoms with van der Waals surface area (Å²) in [5.41, 5.74) is 4.10. The van der Waals surface area contributed by atoms with Crippen LogP contribution >= 0.6 is 23.8 Å². The first-order valence-electron chi connectivity index (χ1n) is 6.59. The van der Waals surface area contributed by atoms with Crippen molar-refractivity contribution in [2.24, 2.45) is 0 Å². The lowest BCUT2D eigenvalue weighted by molar-refractivity contribution is 0.476. The molecular weight excluding hydrogens is 302 g/mol. The van der Waals surface area contributed by atoms with Crippen LogP contribution in [-0.4, -0.2) is 14.7 Å². The Morgan fingerprint density at radius 1 is 1.10 bits per heavy atom. The monoisotopic (exact) mass is 315 g/mol. The maximum atomic E-state index is 9.73. The van der Waals surface area contributed by atoms with Gasteiger partial charge in [0, 0.05) is 16.6 Å². The van der Waals surface area contributed by atoms with E-state index < -0.39 is 0 Å². The number of hydrogen-bond acceptors (Lipinski definition) is 2. The largest absolute Gasteiger partial charge is 0.506 e. The van der Waals surface area contributed by atoms with Crippen LogP contribution in [0.15, 0.2) is 42.5 Å². The number of thiocarbonyl (C=S) groups is 1. The van der Waals surface area contributed by atoms with Gasteiger partial charge in [-0.1, -0.05) is 53.6 Å². The SMILES string of the molecule is Cc1ccc(C(=S)n2c(C)cc3cc(O)c(Cl)cc32)cc1. The minimum Gasteiger partial charge on any atom is -0.506 e. The summed E-state index contributed by atoms with van der Waals surface area (Å²) >= 11 is 11.7. The van der Waals surface area contributed by atoms with E-state index in [1.54, 1.807) is 12.1 Å². The Morgan fingerprint density at radius 3 is 2.43 bits per heavy atom. The summed E-state index contributed by atoms with van der Waals surface area (Å²) in [5.74, 6) is 0.0857. The molecule has 0 radical (unpaired) electrons. The number of aromatic hydroxyl groups is 1. The summed E-state index contributed by atoms with van der Waals surface area (Å²) in [6.07, 6.45) is 0. The van der Waals surface area contributed by atoms with E-state index in [0.29, 0.717) is 5.02 Å². The second kappa shape index (κ2) is 5.17. The Hall–Kier alpha value is -1.84. The summed E-state index contributed by atoms with van der Waals surface area (Å²) in [6.45, 7) is 4.04. The zero-order valence-corrected chi connectivity index (χ0v) is 13.3. The van der Waals surface area contributed by atoms with Crippen molar-refractivity contribution < 1.29 is 5.11 Å². The zero-order valence-electron chi connectivity index (χ0n) is 11.7. The van der Waals surface area contributed by atoms with Crippen molar-refractivity contribution in [3.8, 4) is 5.75 Å². The second-order valence-corrected chi connectivity index (χ2v) is 5.95. The Balaban J connectivity index is 2.19. The van der Waals surface area contributed by atoms with Crippen LogP contribution in [0.1, 0.15) is 16.8 Å². The van der Waals surface area contributed by atoms with Gasteiger partial charge in [-0.05, 0) is 32.0 Å². The third-order valence-electron chi connectivity index (χ3n) is 3.56. The number of phenols is 1. The molecule has 3 aromatic rings. The van der Waals surface area contributed by atoms with Crippen molar-refractivity contribution in [3.63, 3.8) is 0 Å². The molecule has 0 spiro atoms. The highest BCUT2D eigenvalue weighted by Crippen LogP contribution is 2.31. The average Bonchev–Trinajstić information content (AvgIpc) is 2.75. The van der Waals surface area contributed by atoms with Crippen LogP contribution in [0.2, 0.25) is 5.02 Å². The van der Waals surface area contributed by atoms with Gasteiger partial charge in [0.15, 0.2) is 0 Å². The van der Waals surface area contributed by atoms with E-state index in [4.69, 9.17) is 23.8 Å². The van der Waals surface area contributed by atoms with Crippen molar-refractivity contribution in [1.29, 1.82) is 0 Å². The third-order valence-corrected chi connectivity index (χ3v) is 4.28. The molecule has 2 nitrogen and oxygen atoms in total. The lowest BCUT2D eigenvalue weighted by Crippen LogP contribution is -2.11. The van der Waals surface area contributed by atoms with Crippen LogP contribution in [0, 0.1) is 13.8 Å². The number of aryl methyl sites for hydroxylation is 2. The van der Waals surface area contributed by atoms with Crippen LogP contribution in [0.3, 0.4) is 0 Å². The van der Waals surface area contributed by atoms with Gasteiger partial charge in [0.25, 0.3) is 0 Å². The Bertz CT molecular complexity index is 849. The molecule has 0 aliphatic heterocycles. The molecule has 0 amide bonds. The summed E-state index contributed by atoms with van der Waals surface area (Å²) in [7, 11) is 0. The second-order valence-electron chi connectivity index (χ2n) is 5.15. The van der Waals surface area contributed by atoms with Gasteiger partial charge in [-0.3, -0.25) is 0 Å². The number of phenolic OH excluding ortho intramolecular Hbond substituents is 1. The first-order chi connectivity index (χ1) is 9.97. The molecule has 21 heavy (non-hydrogen) atoms. The summed E-state index contributed by atoms with van der Waals surface area (Å²) in [5, 5.41) is 11.0. The molecule has 0 saturated heterocycles. The van der Waals surface area contributed by atoms with Gasteiger partial charge in [0.05, 0.1) is 10.5 Å². The molecule has 1 heterocycles. The molecule has 0 atom stereocenters. The standard InChI is InChI=1S/C17H14ClNOS/c1-10-3-5-12(6-4-10)17(21)19-11(2)7-13-8-16(20)14(18)9-15(13)19/h3-9,20H,1-2H3. The molecule has 0 aliphatic carbocycles. The van der Waals surface area contributed by atoms with E-state index in [1.807, 2.05) is 48.7 Å². The lowest BCUT2D eigenvalue weighted by atomic mass is 10.1. The van der Waals surface area contributed by atoms with Crippen molar-refractivity contribution in [2.75, 3.05) is 0 Å². The van der Waals surface area contributed by atoms with Crippen LogP contribution in [-0.2, 0) is 0 Å². The van der Waals surface area contributed by atoms with Gasteiger partial charge < -0.3 is 9.67 Å². The molecular formula is C17H14ClNOS. The lowest BCUT2D eigenvalue weighted by Gasteiger charge is -2.11. The fraction of sp³-hybridized carbons (Fsp3) is 0.118. The number of rotatable bonds is 1. The molecule has 0 bridgehead atoms. The molecule has 4 heteroatoms. The molecule has 0 unspecified atom stereocenters. The zero-order chi connectivity index (χ0) is 15.1. The predicted octanol–water partition coefficient (Wildman–Crippen LogP) is 4.84. The number of nitrogens with zero attached hydrogens (tertiary/aromatic N) is 1. The fourth-order valence-corrected chi connectivity index (χ4v) is 2.99. The van der Waals surface area contributed by atoms with Crippen LogP contribution in [0.25, 0.3) is 10.9 Å².